The predicted molar refractivity (Wildman–Crippen MR) is 76.8 cm³/mol. The first-order valence-corrected chi connectivity index (χ1v) is 6.45. The SMILES string of the molecule is CCc1cn(S)c2nccc(NCC(C)C)c12. The Hall–Kier alpha value is -1.16. The van der Waals surface area contributed by atoms with Gasteiger partial charge in [-0.25, -0.2) is 4.98 Å². The summed E-state index contributed by atoms with van der Waals surface area (Å²) in [6.07, 6.45) is 4.87. The number of pyridine rings is 1. The molecule has 4 heteroatoms. The third kappa shape index (κ3) is 2.41. The molecule has 0 amide bonds. The molecular weight excluding hydrogens is 230 g/mol. The highest BCUT2D eigenvalue weighted by Gasteiger charge is 2.11. The van der Waals surface area contributed by atoms with Crippen molar-refractivity contribution in [3.05, 3.63) is 24.0 Å². The fraction of sp³-hybridized carbons (Fsp3) is 0.462. The molecule has 2 aromatic heterocycles. The Bertz CT molecular complexity index is 517. The van der Waals surface area contributed by atoms with Crippen LogP contribution in [0.5, 0.6) is 0 Å². The van der Waals surface area contributed by atoms with E-state index in [1.807, 2.05) is 18.5 Å². The van der Waals surface area contributed by atoms with Crippen molar-refractivity contribution in [1.82, 2.24) is 8.96 Å². The molecule has 92 valence electrons. The molecule has 3 nitrogen and oxygen atoms in total. The molecule has 0 bridgehead atoms. The van der Waals surface area contributed by atoms with Crippen LogP contribution in [-0.2, 0) is 6.42 Å². The lowest BCUT2D eigenvalue weighted by atomic mass is 10.1. The molecule has 0 aliphatic heterocycles. The van der Waals surface area contributed by atoms with E-state index < -0.39 is 0 Å². The number of fused-ring (bicyclic) bond motifs is 1. The maximum Gasteiger partial charge on any atom is 0.152 e. The Balaban J connectivity index is 2.47. The normalized spacial score (nSPS) is 11.4. The van der Waals surface area contributed by atoms with Crippen molar-refractivity contribution in [2.75, 3.05) is 11.9 Å². The second-order valence-electron chi connectivity index (χ2n) is 4.68. The van der Waals surface area contributed by atoms with Crippen LogP contribution in [0.25, 0.3) is 11.0 Å². The lowest BCUT2D eigenvalue weighted by Crippen LogP contribution is -2.08. The first kappa shape index (κ1) is 12.3. The number of rotatable bonds is 4. The minimum absolute atomic E-state index is 0.626. The summed E-state index contributed by atoms with van der Waals surface area (Å²) in [5.74, 6) is 0.626. The molecule has 0 aromatic carbocycles. The Labute approximate surface area is 108 Å². The zero-order valence-corrected chi connectivity index (χ0v) is 11.5. The van der Waals surface area contributed by atoms with E-state index in [-0.39, 0.29) is 0 Å². The van der Waals surface area contributed by atoms with Gasteiger partial charge in [-0.3, -0.25) is 3.97 Å². The van der Waals surface area contributed by atoms with E-state index in [4.69, 9.17) is 0 Å². The van der Waals surface area contributed by atoms with Gasteiger partial charge in [0.25, 0.3) is 0 Å². The van der Waals surface area contributed by atoms with Gasteiger partial charge in [-0.1, -0.05) is 33.6 Å². The number of anilines is 1. The van der Waals surface area contributed by atoms with Crippen LogP contribution in [0, 0.1) is 5.92 Å². The number of hydrogen-bond donors (Lipinski definition) is 2. The number of nitrogens with one attached hydrogen (secondary N) is 1. The van der Waals surface area contributed by atoms with E-state index in [0.29, 0.717) is 5.92 Å². The fourth-order valence-electron chi connectivity index (χ4n) is 1.94. The van der Waals surface area contributed by atoms with E-state index in [1.54, 1.807) is 3.97 Å². The molecule has 0 aliphatic carbocycles. The topological polar surface area (TPSA) is 29.9 Å². The van der Waals surface area contributed by atoms with Crippen LogP contribution in [0.4, 0.5) is 5.69 Å². The van der Waals surface area contributed by atoms with Gasteiger partial charge in [0, 0.05) is 30.0 Å². The molecule has 2 heterocycles. The number of hydrogen-bond acceptors (Lipinski definition) is 3. The number of aryl methyl sites for hydroxylation is 1. The van der Waals surface area contributed by atoms with Crippen LogP contribution >= 0.6 is 12.8 Å². The van der Waals surface area contributed by atoms with Gasteiger partial charge in [-0.15, -0.1) is 0 Å². The van der Waals surface area contributed by atoms with Crippen LogP contribution in [0.2, 0.25) is 0 Å². The minimum atomic E-state index is 0.626. The third-order valence-electron chi connectivity index (χ3n) is 2.83. The summed E-state index contributed by atoms with van der Waals surface area (Å²) < 4.78 is 1.80. The highest BCUT2D eigenvalue weighted by Crippen LogP contribution is 2.28. The molecule has 2 rings (SSSR count). The van der Waals surface area contributed by atoms with Crippen molar-refractivity contribution in [3.8, 4) is 0 Å². The molecule has 0 radical (unpaired) electrons. The Morgan fingerprint density at radius 1 is 1.47 bits per heavy atom. The van der Waals surface area contributed by atoms with Crippen molar-refractivity contribution >= 4 is 29.5 Å². The smallest absolute Gasteiger partial charge is 0.152 e. The second kappa shape index (κ2) is 5.00. The first-order chi connectivity index (χ1) is 8.13. The summed E-state index contributed by atoms with van der Waals surface area (Å²) in [5.41, 5.74) is 3.38. The van der Waals surface area contributed by atoms with Crippen LogP contribution < -0.4 is 5.32 Å². The standard InChI is InChI=1S/C13H19N3S/c1-4-10-8-16(17)13-12(10)11(5-6-14-13)15-7-9(2)3/h5-6,8-9,17H,4,7H2,1-3H3,(H,14,15). The van der Waals surface area contributed by atoms with Crippen molar-refractivity contribution in [2.24, 2.45) is 5.92 Å². The van der Waals surface area contributed by atoms with Crippen LogP contribution in [-0.4, -0.2) is 15.5 Å². The quantitative estimate of drug-likeness (QED) is 0.814. The summed E-state index contributed by atoms with van der Waals surface area (Å²) in [4.78, 5) is 4.38. The largest absolute Gasteiger partial charge is 0.384 e. The maximum atomic E-state index is 4.41. The number of aromatic nitrogens is 2. The number of nitrogens with zero attached hydrogens (tertiary/aromatic N) is 2. The highest BCUT2D eigenvalue weighted by atomic mass is 32.1. The summed E-state index contributed by atoms with van der Waals surface area (Å²) >= 11 is 4.41. The molecule has 0 spiro atoms. The molecule has 1 N–H and O–H groups in total. The molecule has 2 aromatic rings. The Morgan fingerprint density at radius 3 is 2.88 bits per heavy atom. The molecular formula is C13H19N3S. The maximum absolute atomic E-state index is 4.41. The second-order valence-corrected chi connectivity index (χ2v) is 5.12. The molecule has 0 unspecified atom stereocenters. The van der Waals surface area contributed by atoms with Gasteiger partial charge in [0.05, 0.1) is 0 Å². The average molecular weight is 249 g/mol. The summed E-state index contributed by atoms with van der Waals surface area (Å²) in [6, 6.07) is 2.04. The third-order valence-corrected chi connectivity index (χ3v) is 3.13. The molecule has 17 heavy (non-hydrogen) atoms. The summed E-state index contributed by atoms with van der Waals surface area (Å²) in [6.45, 7) is 7.54. The average Bonchev–Trinajstić information content (AvgIpc) is 2.64. The van der Waals surface area contributed by atoms with Gasteiger partial charge < -0.3 is 5.32 Å². The van der Waals surface area contributed by atoms with Gasteiger partial charge in [0.15, 0.2) is 5.65 Å². The van der Waals surface area contributed by atoms with Crippen LogP contribution in [0.3, 0.4) is 0 Å². The van der Waals surface area contributed by atoms with Crippen molar-refractivity contribution < 1.29 is 0 Å². The van der Waals surface area contributed by atoms with Gasteiger partial charge in [-0.05, 0) is 24.0 Å². The number of thiol groups is 1. The summed E-state index contributed by atoms with van der Waals surface area (Å²) in [5, 5.41) is 4.69. The Kier molecular flexibility index (Phi) is 3.62. The molecule has 0 aliphatic rings. The van der Waals surface area contributed by atoms with E-state index >= 15 is 0 Å². The zero-order chi connectivity index (χ0) is 12.4. The lowest BCUT2D eigenvalue weighted by Gasteiger charge is -2.10. The molecule has 0 atom stereocenters. The van der Waals surface area contributed by atoms with E-state index in [0.717, 1.165) is 24.3 Å². The van der Waals surface area contributed by atoms with Gasteiger partial charge in [0.2, 0.25) is 0 Å². The molecule has 0 saturated heterocycles. The van der Waals surface area contributed by atoms with Crippen molar-refractivity contribution in [3.63, 3.8) is 0 Å². The van der Waals surface area contributed by atoms with Gasteiger partial charge in [0.1, 0.15) is 0 Å². The van der Waals surface area contributed by atoms with Crippen LogP contribution in [0.1, 0.15) is 26.3 Å². The van der Waals surface area contributed by atoms with Crippen molar-refractivity contribution in [2.45, 2.75) is 27.2 Å². The highest BCUT2D eigenvalue weighted by molar-refractivity contribution is 7.78. The monoisotopic (exact) mass is 249 g/mol. The van der Waals surface area contributed by atoms with E-state index in [1.165, 1.54) is 10.9 Å². The Morgan fingerprint density at radius 2 is 2.24 bits per heavy atom. The lowest BCUT2D eigenvalue weighted by molar-refractivity contribution is 0.689. The zero-order valence-electron chi connectivity index (χ0n) is 10.6. The van der Waals surface area contributed by atoms with E-state index in [9.17, 15) is 0 Å². The predicted octanol–water partition coefficient (Wildman–Crippen LogP) is 3.36. The van der Waals surface area contributed by atoms with Crippen LogP contribution in [0.15, 0.2) is 18.5 Å². The molecule has 0 saturated carbocycles. The van der Waals surface area contributed by atoms with E-state index in [2.05, 4.69) is 43.9 Å². The first-order valence-electron chi connectivity index (χ1n) is 6.05. The fourth-order valence-corrected chi connectivity index (χ4v) is 2.23. The van der Waals surface area contributed by atoms with Crippen molar-refractivity contribution in [1.29, 1.82) is 0 Å². The molecule has 0 fully saturated rings. The minimum Gasteiger partial charge on any atom is -0.384 e. The van der Waals surface area contributed by atoms with Gasteiger partial charge in [-0.2, -0.15) is 0 Å². The summed E-state index contributed by atoms with van der Waals surface area (Å²) in [7, 11) is 0. The van der Waals surface area contributed by atoms with Gasteiger partial charge >= 0.3 is 0 Å².